The van der Waals surface area contributed by atoms with Gasteiger partial charge in [-0.15, -0.1) is 11.3 Å². The SMILES string of the molecule is CCNC(=NCc1cn2c(C)cccc2n1)N(C)Cc1csc(C)n1. The van der Waals surface area contributed by atoms with Crippen molar-refractivity contribution in [3.63, 3.8) is 0 Å². The third-order valence-electron chi connectivity index (χ3n) is 3.90. The summed E-state index contributed by atoms with van der Waals surface area (Å²) in [6, 6.07) is 6.12. The Morgan fingerprint density at radius 3 is 2.80 bits per heavy atom. The summed E-state index contributed by atoms with van der Waals surface area (Å²) in [5.74, 6) is 0.863. The van der Waals surface area contributed by atoms with Crippen LogP contribution in [-0.4, -0.2) is 38.8 Å². The van der Waals surface area contributed by atoms with Crippen molar-refractivity contribution >= 4 is 22.9 Å². The van der Waals surface area contributed by atoms with Crippen LogP contribution < -0.4 is 5.32 Å². The lowest BCUT2D eigenvalue weighted by molar-refractivity contribution is 0.470. The zero-order valence-corrected chi connectivity index (χ0v) is 16.0. The van der Waals surface area contributed by atoms with Crippen molar-refractivity contribution in [3.05, 3.63) is 51.9 Å². The quantitative estimate of drug-likeness (QED) is 0.564. The van der Waals surface area contributed by atoms with Gasteiger partial charge in [0.2, 0.25) is 0 Å². The van der Waals surface area contributed by atoms with Gasteiger partial charge in [0, 0.05) is 30.9 Å². The Bertz CT molecular complexity index is 879. The molecule has 132 valence electrons. The summed E-state index contributed by atoms with van der Waals surface area (Å²) in [6.07, 6.45) is 2.06. The van der Waals surface area contributed by atoms with E-state index in [0.29, 0.717) is 6.54 Å². The number of pyridine rings is 1. The lowest BCUT2D eigenvalue weighted by Gasteiger charge is -2.21. The molecule has 0 saturated heterocycles. The van der Waals surface area contributed by atoms with Crippen molar-refractivity contribution in [2.24, 2.45) is 4.99 Å². The molecule has 0 fully saturated rings. The zero-order chi connectivity index (χ0) is 17.8. The molecule has 0 aliphatic rings. The molecule has 0 aliphatic carbocycles. The lowest BCUT2D eigenvalue weighted by Crippen LogP contribution is -2.38. The standard InChI is InChI=1S/C18H24N6S/c1-5-19-18(23(4)10-16-12-25-14(3)21-16)20-9-15-11-24-13(2)7-6-8-17(24)22-15/h6-8,11-12H,5,9-10H2,1-4H3,(H,19,20). The molecular formula is C18H24N6S. The van der Waals surface area contributed by atoms with Crippen LogP contribution in [0.5, 0.6) is 0 Å². The molecule has 0 bridgehead atoms. The summed E-state index contributed by atoms with van der Waals surface area (Å²) in [6.45, 7) is 8.28. The number of guanidine groups is 1. The van der Waals surface area contributed by atoms with Gasteiger partial charge in [-0.3, -0.25) is 0 Å². The molecule has 25 heavy (non-hydrogen) atoms. The number of nitrogens with one attached hydrogen (secondary N) is 1. The first kappa shape index (κ1) is 17.4. The average Bonchev–Trinajstić information content (AvgIpc) is 3.18. The maximum absolute atomic E-state index is 4.74. The Labute approximate surface area is 152 Å². The number of fused-ring (bicyclic) bond motifs is 1. The summed E-state index contributed by atoms with van der Waals surface area (Å²) in [7, 11) is 2.03. The van der Waals surface area contributed by atoms with E-state index in [-0.39, 0.29) is 0 Å². The topological polar surface area (TPSA) is 57.8 Å². The number of aryl methyl sites for hydroxylation is 2. The van der Waals surface area contributed by atoms with Crippen molar-refractivity contribution < 1.29 is 0 Å². The second-order valence-electron chi connectivity index (χ2n) is 6.01. The van der Waals surface area contributed by atoms with Crippen molar-refractivity contribution in [2.75, 3.05) is 13.6 Å². The van der Waals surface area contributed by atoms with Crippen LogP contribution in [0, 0.1) is 13.8 Å². The van der Waals surface area contributed by atoms with Crippen molar-refractivity contribution in [1.29, 1.82) is 0 Å². The molecule has 0 spiro atoms. The molecule has 0 saturated carbocycles. The van der Waals surface area contributed by atoms with Crippen LogP contribution in [0.4, 0.5) is 0 Å². The third-order valence-corrected chi connectivity index (χ3v) is 4.72. The van der Waals surface area contributed by atoms with Gasteiger partial charge >= 0.3 is 0 Å². The molecule has 0 amide bonds. The Hall–Kier alpha value is -2.41. The number of hydrogen-bond donors (Lipinski definition) is 1. The van der Waals surface area contributed by atoms with Crippen molar-refractivity contribution in [2.45, 2.75) is 33.9 Å². The molecule has 0 aliphatic heterocycles. The molecule has 3 aromatic heterocycles. The van der Waals surface area contributed by atoms with Gasteiger partial charge in [-0.1, -0.05) is 6.07 Å². The molecule has 6 nitrogen and oxygen atoms in total. The summed E-state index contributed by atoms with van der Waals surface area (Å²) < 4.78 is 2.10. The maximum Gasteiger partial charge on any atom is 0.194 e. The number of imidazole rings is 1. The molecule has 0 radical (unpaired) electrons. The van der Waals surface area contributed by atoms with E-state index >= 15 is 0 Å². The smallest absolute Gasteiger partial charge is 0.194 e. The third kappa shape index (κ3) is 4.17. The summed E-state index contributed by atoms with van der Waals surface area (Å²) >= 11 is 1.67. The predicted molar refractivity (Wildman–Crippen MR) is 103 cm³/mol. The van der Waals surface area contributed by atoms with E-state index in [0.717, 1.165) is 41.1 Å². The van der Waals surface area contributed by atoms with Crippen LogP contribution in [0.25, 0.3) is 5.65 Å². The van der Waals surface area contributed by atoms with Crippen LogP contribution in [0.15, 0.2) is 34.8 Å². The molecule has 0 atom stereocenters. The van der Waals surface area contributed by atoms with Gasteiger partial charge < -0.3 is 14.6 Å². The van der Waals surface area contributed by atoms with Crippen LogP contribution >= 0.6 is 11.3 Å². The molecule has 3 heterocycles. The highest BCUT2D eigenvalue weighted by Crippen LogP contribution is 2.11. The fraction of sp³-hybridized carbons (Fsp3) is 0.389. The lowest BCUT2D eigenvalue weighted by atomic mass is 10.4. The molecule has 0 aromatic carbocycles. The van der Waals surface area contributed by atoms with Gasteiger partial charge in [-0.05, 0) is 32.9 Å². The van der Waals surface area contributed by atoms with Gasteiger partial charge in [-0.2, -0.15) is 0 Å². The second kappa shape index (κ2) is 7.65. The fourth-order valence-electron chi connectivity index (χ4n) is 2.70. The fourth-order valence-corrected chi connectivity index (χ4v) is 3.30. The van der Waals surface area contributed by atoms with Crippen LogP contribution in [0.1, 0.15) is 29.0 Å². The van der Waals surface area contributed by atoms with Crippen molar-refractivity contribution in [1.82, 2.24) is 24.6 Å². The van der Waals surface area contributed by atoms with Gasteiger partial charge in [0.25, 0.3) is 0 Å². The summed E-state index contributed by atoms with van der Waals surface area (Å²) in [5.41, 5.74) is 4.16. The molecule has 3 rings (SSSR count). The highest BCUT2D eigenvalue weighted by molar-refractivity contribution is 7.09. The Kier molecular flexibility index (Phi) is 5.33. The number of thiazole rings is 1. The number of aliphatic imine (C=N–C) groups is 1. The highest BCUT2D eigenvalue weighted by atomic mass is 32.1. The van der Waals surface area contributed by atoms with Crippen LogP contribution in [0.3, 0.4) is 0 Å². The van der Waals surface area contributed by atoms with E-state index in [4.69, 9.17) is 4.99 Å². The Balaban J connectivity index is 1.75. The van der Waals surface area contributed by atoms with Gasteiger partial charge in [-0.25, -0.2) is 15.0 Å². The van der Waals surface area contributed by atoms with E-state index in [2.05, 4.69) is 56.1 Å². The minimum atomic E-state index is 0.546. The number of aromatic nitrogens is 3. The average molecular weight is 356 g/mol. The maximum atomic E-state index is 4.74. The monoisotopic (exact) mass is 356 g/mol. The predicted octanol–water partition coefficient (Wildman–Crippen LogP) is 3.01. The summed E-state index contributed by atoms with van der Waals surface area (Å²) in [5, 5.41) is 6.53. The minimum absolute atomic E-state index is 0.546. The van der Waals surface area contributed by atoms with E-state index in [1.165, 1.54) is 5.69 Å². The van der Waals surface area contributed by atoms with Gasteiger partial charge in [0.05, 0.1) is 29.5 Å². The molecule has 1 N–H and O–H groups in total. The Morgan fingerprint density at radius 2 is 2.12 bits per heavy atom. The van der Waals surface area contributed by atoms with Crippen LogP contribution in [0.2, 0.25) is 0 Å². The van der Waals surface area contributed by atoms with E-state index in [1.807, 2.05) is 26.1 Å². The first-order chi connectivity index (χ1) is 12.1. The molecule has 7 heteroatoms. The van der Waals surface area contributed by atoms with E-state index in [1.54, 1.807) is 11.3 Å². The molecule has 0 unspecified atom stereocenters. The second-order valence-corrected chi connectivity index (χ2v) is 7.07. The van der Waals surface area contributed by atoms with Gasteiger partial charge in [0.1, 0.15) is 5.65 Å². The molecule has 3 aromatic rings. The van der Waals surface area contributed by atoms with Gasteiger partial charge in [0.15, 0.2) is 5.96 Å². The first-order valence-electron chi connectivity index (χ1n) is 8.41. The van der Waals surface area contributed by atoms with E-state index in [9.17, 15) is 0 Å². The Morgan fingerprint density at radius 1 is 1.28 bits per heavy atom. The normalized spacial score (nSPS) is 11.9. The largest absolute Gasteiger partial charge is 0.357 e. The van der Waals surface area contributed by atoms with Crippen molar-refractivity contribution in [3.8, 4) is 0 Å². The molecular weight excluding hydrogens is 332 g/mol. The minimum Gasteiger partial charge on any atom is -0.357 e. The first-order valence-corrected chi connectivity index (χ1v) is 9.29. The zero-order valence-electron chi connectivity index (χ0n) is 15.2. The number of nitrogens with zero attached hydrogens (tertiary/aromatic N) is 5. The number of hydrogen-bond acceptors (Lipinski definition) is 4. The highest BCUT2D eigenvalue weighted by Gasteiger charge is 2.09. The van der Waals surface area contributed by atoms with Crippen LogP contribution in [-0.2, 0) is 13.1 Å². The summed E-state index contributed by atoms with van der Waals surface area (Å²) in [4.78, 5) is 16.0. The van der Waals surface area contributed by atoms with E-state index < -0.39 is 0 Å². The number of rotatable bonds is 5.